The second-order valence-electron chi connectivity index (χ2n) is 6.78. The van der Waals surface area contributed by atoms with E-state index in [1.807, 2.05) is 25.3 Å². The van der Waals surface area contributed by atoms with Crippen molar-refractivity contribution in [2.45, 2.75) is 45.8 Å². The molecule has 3 aliphatic carbocycles. The molecule has 2 bridgehead atoms. The predicted molar refractivity (Wildman–Crippen MR) is 76.0 cm³/mol. The van der Waals surface area contributed by atoms with E-state index >= 15 is 0 Å². The highest BCUT2D eigenvalue weighted by atomic mass is 16.3. The fourth-order valence-corrected chi connectivity index (χ4v) is 3.86. The molecule has 3 fully saturated rings. The molecule has 3 nitrogen and oxygen atoms in total. The number of rotatable bonds is 2. The smallest absolute Gasteiger partial charge is 0.103 e. The fourth-order valence-electron chi connectivity index (χ4n) is 3.86. The Morgan fingerprint density at radius 2 is 2.21 bits per heavy atom. The molecule has 19 heavy (non-hydrogen) atoms. The van der Waals surface area contributed by atoms with E-state index in [-0.39, 0.29) is 5.41 Å². The molecule has 0 amide bonds. The highest BCUT2D eigenvalue weighted by Gasteiger charge is 2.61. The van der Waals surface area contributed by atoms with E-state index in [4.69, 9.17) is 0 Å². The van der Waals surface area contributed by atoms with Gasteiger partial charge in [0.05, 0.1) is 6.54 Å². The van der Waals surface area contributed by atoms with Crippen LogP contribution in [0.4, 0.5) is 0 Å². The lowest BCUT2D eigenvalue weighted by atomic mass is 9.44. The molecule has 0 aliphatic heterocycles. The van der Waals surface area contributed by atoms with Crippen molar-refractivity contribution in [1.82, 2.24) is 4.98 Å². The molecule has 0 saturated heterocycles. The first-order valence-electron chi connectivity index (χ1n) is 7.07. The summed E-state index contributed by atoms with van der Waals surface area (Å²) in [5, 5.41) is 10.8. The van der Waals surface area contributed by atoms with Gasteiger partial charge >= 0.3 is 0 Å². The van der Waals surface area contributed by atoms with Crippen LogP contribution in [0, 0.1) is 17.3 Å². The van der Waals surface area contributed by atoms with Crippen LogP contribution in [0.2, 0.25) is 0 Å². The number of hydrogen-bond donors (Lipinski definition) is 1. The molecule has 102 valence electrons. The highest BCUT2D eigenvalue weighted by molar-refractivity contribution is 5.94. The quantitative estimate of drug-likeness (QED) is 0.886. The van der Waals surface area contributed by atoms with Gasteiger partial charge in [-0.1, -0.05) is 19.9 Å². The van der Waals surface area contributed by atoms with Crippen LogP contribution in [0.25, 0.3) is 0 Å². The van der Waals surface area contributed by atoms with Crippen molar-refractivity contribution in [1.29, 1.82) is 0 Å². The lowest BCUT2D eigenvalue weighted by molar-refractivity contribution is -0.134. The Labute approximate surface area is 114 Å². The molecule has 4 rings (SSSR count). The van der Waals surface area contributed by atoms with E-state index in [0.29, 0.717) is 18.4 Å². The molecule has 3 aliphatic rings. The van der Waals surface area contributed by atoms with Crippen molar-refractivity contribution in [2.75, 3.05) is 0 Å². The molecule has 0 unspecified atom stereocenters. The minimum atomic E-state index is -0.736. The van der Waals surface area contributed by atoms with E-state index in [9.17, 15) is 5.11 Å². The maximum atomic E-state index is 10.8. The van der Waals surface area contributed by atoms with E-state index < -0.39 is 5.60 Å². The first-order valence-corrected chi connectivity index (χ1v) is 7.07. The van der Waals surface area contributed by atoms with Crippen LogP contribution in [0.5, 0.6) is 0 Å². The van der Waals surface area contributed by atoms with Crippen molar-refractivity contribution in [3.8, 4) is 0 Å². The normalized spacial score (nSPS) is 38.0. The minimum absolute atomic E-state index is 0.261. The number of hydrogen-bond acceptors (Lipinski definition) is 3. The van der Waals surface area contributed by atoms with Crippen LogP contribution >= 0.6 is 0 Å². The molecule has 0 radical (unpaired) electrons. The predicted octanol–water partition coefficient (Wildman–Crippen LogP) is 2.84. The Morgan fingerprint density at radius 1 is 1.42 bits per heavy atom. The van der Waals surface area contributed by atoms with Gasteiger partial charge in [-0.15, -0.1) is 0 Å². The average Bonchev–Trinajstić information content (AvgIpc) is 2.37. The van der Waals surface area contributed by atoms with Gasteiger partial charge in [-0.05, 0) is 48.6 Å². The maximum absolute atomic E-state index is 10.8. The van der Waals surface area contributed by atoms with E-state index in [0.717, 1.165) is 24.1 Å². The van der Waals surface area contributed by atoms with Crippen LogP contribution < -0.4 is 0 Å². The summed E-state index contributed by atoms with van der Waals surface area (Å²) in [4.78, 5) is 8.78. The van der Waals surface area contributed by atoms with Gasteiger partial charge in [-0.2, -0.15) is 0 Å². The SMILES string of the molecule is CC1(C)[C@H]2C/C(=N/Cc3cccnc3)[C@](C)(O)[C@@H]1C2. The van der Waals surface area contributed by atoms with Gasteiger partial charge in [0.15, 0.2) is 0 Å². The molecule has 0 aromatic carbocycles. The Hall–Kier alpha value is -1.22. The first kappa shape index (κ1) is 12.8. The summed E-state index contributed by atoms with van der Waals surface area (Å²) >= 11 is 0. The maximum Gasteiger partial charge on any atom is 0.103 e. The Kier molecular flexibility index (Phi) is 2.79. The lowest BCUT2D eigenvalue weighted by Gasteiger charge is -2.62. The second kappa shape index (κ2) is 4.14. The molecule has 3 atom stereocenters. The molecule has 1 heterocycles. The molecular weight excluding hydrogens is 236 g/mol. The van der Waals surface area contributed by atoms with Gasteiger partial charge in [-0.25, -0.2) is 0 Å². The fraction of sp³-hybridized carbons (Fsp3) is 0.625. The van der Waals surface area contributed by atoms with Gasteiger partial charge in [0.1, 0.15) is 5.60 Å². The zero-order valence-electron chi connectivity index (χ0n) is 11.9. The van der Waals surface area contributed by atoms with Crippen molar-refractivity contribution in [2.24, 2.45) is 22.2 Å². The average molecular weight is 258 g/mol. The Balaban J connectivity index is 1.80. The van der Waals surface area contributed by atoms with Crippen molar-refractivity contribution < 1.29 is 5.11 Å². The second-order valence-corrected chi connectivity index (χ2v) is 6.78. The van der Waals surface area contributed by atoms with Gasteiger partial charge in [0, 0.05) is 18.1 Å². The zero-order chi connectivity index (χ0) is 13.7. The van der Waals surface area contributed by atoms with Crippen LogP contribution in [-0.4, -0.2) is 21.4 Å². The molecule has 0 spiro atoms. The molecule has 1 aromatic rings. The largest absolute Gasteiger partial charge is 0.384 e. The third kappa shape index (κ3) is 1.91. The summed E-state index contributed by atoms with van der Waals surface area (Å²) < 4.78 is 0. The van der Waals surface area contributed by atoms with E-state index in [2.05, 4.69) is 23.8 Å². The van der Waals surface area contributed by atoms with E-state index in [1.165, 1.54) is 0 Å². The number of aliphatic hydroxyl groups is 1. The number of fused-ring (bicyclic) bond motifs is 2. The number of aliphatic imine (C=N–C) groups is 1. The summed E-state index contributed by atoms with van der Waals surface area (Å²) in [5.74, 6) is 1.04. The van der Waals surface area contributed by atoms with Crippen LogP contribution in [0.1, 0.15) is 39.2 Å². The number of nitrogens with zero attached hydrogens (tertiary/aromatic N) is 2. The van der Waals surface area contributed by atoms with Crippen LogP contribution in [-0.2, 0) is 6.54 Å². The molecule has 3 heteroatoms. The summed E-state index contributed by atoms with van der Waals surface area (Å²) in [6.45, 7) is 7.12. The summed E-state index contributed by atoms with van der Waals surface area (Å²) in [5.41, 5.74) is 1.61. The van der Waals surface area contributed by atoms with Gasteiger partial charge in [0.25, 0.3) is 0 Å². The van der Waals surface area contributed by atoms with Gasteiger partial charge in [0.2, 0.25) is 0 Å². The van der Waals surface area contributed by atoms with Crippen LogP contribution in [0.3, 0.4) is 0 Å². The van der Waals surface area contributed by atoms with Crippen molar-refractivity contribution in [3.63, 3.8) is 0 Å². The number of aromatic nitrogens is 1. The van der Waals surface area contributed by atoms with Crippen molar-refractivity contribution in [3.05, 3.63) is 30.1 Å². The summed E-state index contributed by atoms with van der Waals surface area (Å²) in [7, 11) is 0. The highest BCUT2D eigenvalue weighted by Crippen LogP contribution is 2.61. The van der Waals surface area contributed by atoms with Crippen molar-refractivity contribution >= 4 is 5.71 Å². The third-order valence-corrected chi connectivity index (χ3v) is 5.35. The Bertz CT molecular complexity index is 505. The molecule has 3 saturated carbocycles. The monoisotopic (exact) mass is 258 g/mol. The molecule has 1 N–H and O–H groups in total. The third-order valence-electron chi connectivity index (χ3n) is 5.35. The summed E-state index contributed by atoms with van der Waals surface area (Å²) in [6.07, 6.45) is 5.69. The summed E-state index contributed by atoms with van der Waals surface area (Å²) in [6, 6.07) is 3.95. The topological polar surface area (TPSA) is 45.5 Å². The first-order chi connectivity index (χ1) is 8.92. The minimum Gasteiger partial charge on any atom is -0.384 e. The standard InChI is InChI=1S/C16H22N2O/c1-15(2)12-7-13(15)16(3,19)14(8-12)18-10-11-5-4-6-17-9-11/h4-6,9,12-13,19H,7-8,10H2,1-3H3/b18-14-/t12-,13-,16-/m1/s1. The van der Waals surface area contributed by atoms with Crippen LogP contribution in [0.15, 0.2) is 29.5 Å². The number of pyridine rings is 1. The molecule has 1 aromatic heterocycles. The molecular formula is C16H22N2O. The lowest BCUT2D eigenvalue weighted by Crippen LogP contribution is -2.64. The van der Waals surface area contributed by atoms with Gasteiger partial charge in [-0.3, -0.25) is 9.98 Å². The zero-order valence-corrected chi connectivity index (χ0v) is 11.9. The Morgan fingerprint density at radius 3 is 2.79 bits per heavy atom. The van der Waals surface area contributed by atoms with E-state index in [1.54, 1.807) is 6.20 Å². The van der Waals surface area contributed by atoms with Gasteiger partial charge < -0.3 is 5.11 Å².